The molecule has 0 aromatic carbocycles. The SMILES string of the molecule is NC1CCCNC1c1ccco1. The van der Waals surface area contributed by atoms with Gasteiger partial charge in [-0.15, -0.1) is 0 Å². The highest BCUT2D eigenvalue weighted by Gasteiger charge is 2.24. The van der Waals surface area contributed by atoms with E-state index in [0.29, 0.717) is 0 Å². The lowest BCUT2D eigenvalue weighted by atomic mass is 9.98. The predicted molar refractivity (Wildman–Crippen MR) is 46.7 cm³/mol. The molecule has 2 heterocycles. The number of furan rings is 1. The molecule has 66 valence electrons. The van der Waals surface area contributed by atoms with Crippen molar-refractivity contribution >= 4 is 0 Å². The van der Waals surface area contributed by atoms with Crippen LogP contribution < -0.4 is 11.1 Å². The van der Waals surface area contributed by atoms with E-state index in [1.165, 1.54) is 6.42 Å². The van der Waals surface area contributed by atoms with Crippen LogP contribution in [0.3, 0.4) is 0 Å². The molecular formula is C9H14N2O. The zero-order valence-electron chi connectivity index (χ0n) is 6.99. The number of nitrogens with one attached hydrogen (secondary N) is 1. The van der Waals surface area contributed by atoms with Crippen molar-refractivity contribution in [3.63, 3.8) is 0 Å². The van der Waals surface area contributed by atoms with E-state index >= 15 is 0 Å². The fourth-order valence-corrected chi connectivity index (χ4v) is 1.69. The van der Waals surface area contributed by atoms with Crippen molar-refractivity contribution in [1.29, 1.82) is 0 Å². The molecule has 1 fully saturated rings. The molecule has 0 saturated carbocycles. The van der Waals surface area contributed by atoms with Crippen LogP contribution in [-0.2, 0) is 0 Å². The van der Waals surface area contributed by atoms with Gasteiger partial charge in [0, 0.05) is 6.04 Å². The lowest BCUT2D eigenvalue weighted by Gasteiger charge is -2.28. The van der Waals surface area contributed by atoms with Crippen LogP contribution in [0.4, 0.5) is 0 Å². The Morgan fingerprint density at radius 2 is 2.50 bits per heavy atom. The largest absolute Gasteiger partial charge is 0.468 e. The molecule has 3 heteroatoms. The molecule has 3 N–H and O–H groups in total. The maximum Gasteiger partial charge on any atom is 0.122 e. The Labute approximate surface area is 71.9 Å². The number of hydrogen-bond acceptors (Lipinski definition) is 3. The summed E-state index contributed by atoms with van der Waals surface area (Å²) in [6.45, 7) is 1.04. The van der Waals surface area contributed by atoms with E-state index in [-0.39, 0.29) is 12.1 Å². The molecular weight excluding hydrogens is 152 g/mol. The second-order valence-corrected chi connectivity index (χ2v) is 3.25. The van der Waals surface area contributed by atoms with Gasteiger partial charge in [-0.1, -0.05) is 0 Å². The maximum atomic E-state index is 5.95. The highest BCUT2D eigenvalue weighted by molar-refractivity contribution is 5.08. The Bertz CT molecular complexity index is 233. The van der Waals surface area contributed by atoms with Crippen LogP contribution in [0.1, 0.15) is 24.6 Å². The first-order valence-corrected chi connectivity index (χ1v) is 4.40. The van der Waals surface area contributed by atoms with Gasteiger partial charge in [0.1, 0.15) is 5.76 Å². The third-order valence-corrected chi connectivity index (χ3v) is 2.36. The van der Waals surface area contributed by atoms with Gasteiger partial charge in [0.2, 0.25) is 0 Å². The van der Waals surface area contributed by atoms with Crippen LogP contribution in [-0.4, -0.2) is 12.6 Å². The molecule has 12 heavy (non-hydrogen) atoms. The number of nitrogens with two attached hydrogens (primary N) is 1. The van der Waals surface area contributed by atoms with Crippen LogP contribution >= 0.6 is 0 Å². The number of rotatable bonds is 1. The Kier molecular flexibility index (Phi) is 2.15. The highest BCUT2D eigenvalue weighted by atomic mass is 16.3. The van der Waals surface area contributed by atoms with Gasteiger partial charge in [0.25, 0.3) is 0 Å². The Balaban J connectivity index is 2.11. The third kappa shape index (κ3) is 1.38. The molecule has 1 aliphatic rings. The highest BCUT2D eigenvalue weighted by Crippen LogP contribution is 2.21. The van der Waals surface area contributed by atoms with Crippen molar-refractivity contribution in [1.82, 2.24) is 5.32 Å². The van der Waals surface area contributed by atoms with Crippen LogP contribution in [0.25, 0.3) is 0 Å². The van der Waals surface area contributed by atoms with Gasteiger partial charge in [-0.25, -0.2) is 0 Å². The second kappa shape index (κ2) is 3.29. The normalized spacial score (nSPS) is 30.4. The van der Waals surface area contributed by atoms with E-state index in [0.717, 1.165) is 18.7 Å². The van der Waals surface area contributed by atoms with E-state index in [1.54, 1.807) is 6.26 Å². The van der Waals surface area contributed by atoms with Crippen molar-refractivity contribution in [2.24, 2.45) is 5.73 Å². The average Bonchev–Trinajstić information content (AvgIpc) is 2.57. The predicted octanol–water partition coefficient (Wildman–Crippen LogP) is 1.03. The molecule has 0 amide bonds. The van der Waals surface area contributed by atoms with Gasteiger partial charge in [0.05, 0.1) is 12.3 Å². The molecule has 0 aliphatic carbocycles. The Hall–Kier alpha value is -0.800. The van der Waals surface area contributed by atoms with Gasteiger partial charge in [-0.2, -0.15) is 0 Å². The molecule has 3 nitrogen and oxygen atoms in total. The first-order chi connectivity index (χ1) is 5.88. The quantitative estimate of drug-likeness (QED) is 0.655. The number of piperidine rings is 1. The first kappa shape index (κ1) is 7.83. The van der Waals surface area contributed by atoms with E-state index in [1.807, 2.05) is 12.1 Å². The molecule has 0 radical (unpaired) electrons. The molecule has 2 unspecified atom stereocenters. The first-order valence-electron chi connectivity index (χ1n) is 4.40. The standard InChI is InChI=1S/C9H14N2O/c10-7-3-1-5-11-9(7)8-4-2-6-12-8/h2,4,6-7,9,11H,1,3,5,10H2. The minimum absolute atomic E-state index is 0.199. The van der Waals surface area contributed by atoms with Gasteiger partial charge < -0.3 is 15.5 Å². The average molecular weight is 166 g/mol. The molecule has 1 aromatic rings. The maximum absolute atomic E-state index is 5.95. The minimum Gasteiger partial charge on any atom is -0.468 e. The van der Waals surface area contributed by atoms with Crippen LogP contribution in [0.5, 0.6) is 0 Å². The lowest BCUT2D eigenvalue weighted by molar-refractivity contribution is 0.311. The Morgan fingerprint density at radius 3 is 3.17 bits per heavy atom. The van der Waals surface area contributed by atoms with Gasteiger partial charge in [-0.05, 0) is 31.5 Å². The van der Waals surface area contributed by atoms with Gasteiger partial charge in [0.15, 0.2) is 0 Å². The minimum atomic E-state index is 0.199. The summed E-state index contributed by atoms with van der Waals surface area (Å²) in [6.07, 6.45) is 3.94. The van der Waals surface area contributed by atoms with Crippen LogP contribution in [0.2, 0.25) is 0 Å². The molecule has 2 atom stereocenters. The van der Waals surface area contributed by atoms with E-state index in [2.05, 4.69) is 5.32 Å². The fourth-order valence-electron chi connectivity index (χ4n) is 1.69. The zero-order valence-corrected chi connectivity index (χ0v) is 6.99. The molecule has 1 aromatic heterocycles. The lowest BCUT2D eigenvalue weighted by Crippen LogP contribution is -2.42. The van der Waals surface area contributed by atoms with E-state index in [4.69, 9.17) is 10.2 Å². The smallest absolute Gasteiger partial charge is 0.122 e. The number of hydrogen-bond donors (Lipinski definition) is 2. The third-order valence-electron chi connectivity index (χ3n) is 2.36. The summed E-state index contributed by atoms with van der Waals surface area (Å²) in [5.74, 6) is 0.960. The second-order valence-electron chi connectivity index (χ2n) is 3.25. The van der Waals surface area contributed by atoms with E-state index in [9.17, 15) is 0 Å². The van der Waals surface area contributed by atoms with E-state index < -0.39 is 0 Å². The van der Waals surface area contributed by atoms with Crippen molar-refractivity contribution in [3.8, 4) is 0 Å². The summed E-state index contributed by atoms with van der Waals surface area (Å²) < 4.78 is 5.30. The fraction of sp³-hybridized carbons (Fsp3) is 0.556. The van der Waals surface area contributed by atoms with Gasteiger partial charge >= 0.3 is 0 Å². The summed E-state index contributed by atoms with van der Waals surface area (Å²) in [6, 6.07) is 4.29. The summed E-state index contributed by atoms with van der Waals surface area (Å²) in [7, 11) is 0. The summed E-state index contributed by atoms with van der Waals surface area (Å²) in [4.78, 5) is 0. The molecule has 0 spiro atoms. The monoisotopic (exact) mass is 166 g/mol. The molecule has 0 bridgehead atoms. The van der Waals surface area contributed by atoms with Crippen LogP contribution in [0.15, 0.2) is 22.8 Å². The molecule has 1 saturated heterocycles. The van der Waals surface area contributed by atoms with Gasteiger partial charge in [-0.3, -0.25) is 0 Å². The molecule has 1 aliphatic heterocycles. The van der Waals surface area contributed by atoms with Crippen molar-refractivity contribution in [3.05, 3.63) is 24.2 Å². The summed E-state index contributed by atoms with van der Waals surface area (Å²) in [5.41, 5.74) is 5.95. The van der Waals surface area contributed by atoms with Crippen molar-refractivity contribution in [2.45, 2.75) is 24.9 Å². The summed E-state index contributed by atoms with van der Waals surface area (Å²) in [5, 5.41) is 3.35. The Morgan fingerprint density at radius 1 is 1.58 bits per heavy atom. The van der Waals surface area contributed by atoms with Crippen molar-refractivity contribution < 1.29 is 4.42 Å². The summed E-state index contributed by atoms with van der Waals surface area (Å²) >= 11 is 0. The zero-order chi connectivity index (χ0) is 8.39. The van der Waals surface area contributed by atoms with Crippen molar-refractivity contribution in [2.75, 3.05) is 6.54 Å². The molecule has 2 rings (SSSR count). The topological polar surface area (TPSA) is 51.2 Å². The van der Waals surface area contributed by atoms with Crippen LogP contribution in [0, 0.1) is 0 Å².